The third-order valence-corrected chi connectivity index (χ3v) is 7.17. The fourth-order valence-corrected chi connectivity index (χ4v) is 4.53. The van der Waals surface area contributed by atoms with Crippen LogP contribution in [0.3, 0.4) is 0 Å². The molecule has 0 aliphatic heterocycles. The Labute approximate surface area is 201 Å². The van der Waals surface area contributed by atoms with E-state index in [0.717, 1.165) is 48.6 Å². The molecule has 3 aromatic rings. The number of aliphatic hydroxyl groups is 1. The maximum Gasteiger partial charge on any atom is 0.130 e. The minimum Gasteiger partial charge on any atom is -0.490 e. The second-order valence-electron chi connectivity index (χ2n) is 10.3. The number of nitrogens with zero attached hydrogens (tertiary/aromatic N) is 1. The average Bonchev–Trinajstić information content (AvgIpc) is 3.68. The van der Waals surface area contributed by atoms with Crippen LogP contribution in [0.4, 0.5) is 0 Å². The fraction of sp³-hybridized carbons (Fsp3) is 0.414. The van der Waals surface area contributed by atoms with Crippen LogP contribution >= 0.6 is 0 Å². The summed E-state index contributed by atoms with van der Waals surface area (Å²) >= 11 is 0. The molecular formula is C29H34N2O3. The van der Waals surface area contributed by atoms with Crippen LogP contribution in [0.5, 0.6) is 11.5 Å². The van der Waals surface area contributed by atoms with E-state index in [1.165, 1.54) is 11.1 Å². The molecule has 2 aliphatic rings. The summed E-state index contributed by atoms with van der Waals surface area (Å²) in [5.74, 6) is 2.07. The Morgan fingerprint density at radius 3 is 2.15 bits per heavy atom. The molecule has 1 unspecified atom stereocenters. The molecule has 1 atom stereocenters. The van der Waals surface area contributed by atoms with Crippen molar-refractivity contribution in [1.29, 1.82) is 0 Å². The van der Waals surface area contributed by atoms with Crippen molar-refractivity contribution >= 4 is 0 Å². The monoisotopic (exact) mass is 458 g/mol. The molecule has 0 amide bonds. The normalized spacial score (nSPS) is 20.9. The Bertz CT molecular complexity index is 1100. The van der Waals surface area contributed by atoms with E-state index in [2.05, 4.69) is 55.2 Å². The molecule has 0 spiro atoms. The van der Waals surface area contributed by atoms with Crippen molar-refractivity contribution in [1.82, 2.24) is 4.98 Å². The topological polar surface area (TPSA) is 77.6 Å². The van der Waals surface area contributed by atoms with Crippen LogP contribution in [0.25, 0.3) is 0 Å². The Morgan fingerprint density at radius 2 is 1.56 bits per heavy atom. The molecule has 2 saturated carbocycles. The maximum atomic E-state index is 10.3. The summed E-state index contributed by atoms with van der Waals surface area (Å²) in [7, 11) is 0. The fourth-order valence-electron chi connectivity index (χ4n) is 4.53. The van der Waals surface area contributed by atoms with Gasteiger partial charge in [0, 0.05) is 11.5 Å². The molecule has 5 nitrogen and oxygen atoms in total. The number of rotatable bonds is 9. The summed E-state index contributed by atoms with van der Waals surface area (Å²) in [5, 5.41) is 10.3. The van der Waals surface area contributed by atoms with Gasteiger partial charge in [-0.3, -0.25) is 4.98 Å². The van der Waals surface area contributed by atoms with Crippen LogP contribution in [0, 0.1) is 5.92 Å². The minimum atomic E-state index is -0.460. The molecule has 0 radical (unpaired) electrons. The van der Waals surface area contributed by atoms with E-state index in [1.54, 1.807) is 0 Å². The van der Waals surface area contributed by atoms with Gasteiger partial charge in [0.25, 0.3) is 0 Å². The van der Waals surface area contributed by atoms with Gasteiger partial charge in [-0.2, -0.15) is 0 Å². The van der Waals surface area contributed by atoms with Crippen molar-refractivity contribution in [2.75, 3.05) is 0 Å². The highest BCUT2D eigenvalue weighted by molar-refractivity contribution is 5.42. The van der Waals surface area contributed by atoms with Crippen LogP contribution < -0.4 is 15.2 Å². The van der Waals surface area contributed by atoms with E-state index in [9.17, 15) is 5.11 Å². The van der Waals surface area contributed by atoms with E-state index in [4.69, 9.17) is 15.2 Å². The van der Waals surface area contributed by atoms with Crippen molar-refractivity contribution < 1.29 is 14.6 Å². The van der Waals surface area contributed by atoms with Gasteiger partial charge in [-0.1, -0.05) is 44.2 Å². The zero-order valence-electron chi connectivity index (χ0n) is 20.0. The van der Waals surface area contributed by atoms with E-state index < -0.39 is 6.10 Å². The molecule has 0 saturated heterocycles. The van der Waals surface area contributed by atoms with Gasteiger partial charge in [0.15, 0.2) is 0 Å². The molecule has 5 heteroatoms. The third-order valence-electron chi connectivity index (χ3n) is 7.17. The zero-order chi connectivity index (χ0) is 23.7. The Hall–Kier alpha value is -2.89. The first-order valence-electron chi connectivity index (χ1n) is 12.3. The highest BCUT2D eigenvalue weighted by Crippen LogP contribution is 2.40. The number of hydrogen-bond donors (Lipinski definition) is 2. The smallest absolute Gasteiger partial charge is 0.130 e. The summed E-state index contributed by atoms with van der Waals surface area (Å²) in [6.07, 6.45) is 3.83. The quantitative estimate of drug-likeness (QED) is 0.455. The van der Waals surface area contributed by atoms with Gasteiger partial charge >= 0.3 is 0 Å². The van der Waals surface area contributed by atoms with Crippen LogP contribution in [-0.4, -0.2) is 22.2 Å². The molecule has 178 valence electrons. The van der Waals surface area contributed by atoms with E-state index in [1.807, 2.05) is 30.3 Å². The number of nitrogens with two attached hydrogens (primary N) is 1. The first-order chi connectivity index (χ1) is 16.4. The standard InChI is InChI=1S/C29H34N2O3/c1-29(2,21-10-14-25(15-11-21)34-26-16-22(30)17-26)20-8-12-24(13-9-20)33-18-23-4-3-5-27(31-23)28(32)19-6-7-19/h3-5,8-15,19,22,26,28,32H,6-7,16-18,30H2,1-2H3. The summed E-state index contributed by atoms with van der Waals surface area (Å²) in [5.41, 5.74) is 9.72. The van der Waals surface area contributed by atoms with Gasteiger partial charge in [-0.15, -0.1) is 0 Å². The number of aromatic nitrogens is 1. The summed E-state index contributed by atoms with van der Waals surface area (Å²) in [6.45, 7) is 4.83. The first kappa shape index (κ1) is 22.9. The van der Waals surface area contributed by atoms with Crippen molar-refractivity contribution in [3.63, 3.8) is 0 Å². The van der Waals surface area contributed by atoms with Crippen LogP contribution in [-0.2, 0) is 12.0 Å². The number of benzene rings is 2. The Balaban J connectivity index is 1.20. The van der Waals surface area contributed by atoms with Crippen molar-refractivity contribution in [3.05, 3.63) is 89.2 Å². The highest BCUT2D eigenvalue weighted by Gasteiger charge is 2.31. The molecular weight excluding hydrogens is 424 g/mol. The lowest BCUT2D eigenvalue weighted by molar-refractivity contribution is 0.101. The lowest BCUT2D eigenvalue weighted by Crippen LogP contribution is -2.43. The van der Waals surface area contributed by atoms with Crippen molar-refractivity contribution in [2.45, 2.75) is 69.8 Å². The van der Waals surface area contributed by atoms with Gasteiger partial charge in [-0.05, 0) is 79.1 Å². The Morgan fingerprint density at radius 1 is 0.941 bits per heavy atom. The van der Waals surface area contributed by atoms with Gasteiger partial charge in [0.2, 0.25) is 0 Å². The summed E-state index contributed by atoms with van der Waals surface area (Å²) < 4.78 is 12.0. The second-order valence-corrected chi connectivity index (χ2v) is 10.3. The van der Waals surface area contributed by atoms with Gasteiger partial charge in [-0.25, -0.2) is 0 Å². The van der Waals surface area contributed by atoms with Crippen molar-refractivity contribution in [2.24, 2.45) is 11.7 Å². The van der Waals surface area contributed by atoms with Crippen molar-refractivity contribution in [3.8, 4) is 11.5 Å². The lowest BCUT2D eigenvalue weighted by atomic mass is 9.78. The number of aliphatic hydroxyl groups excluding tert-OH is 1. The predicted octanol–water partition coefficient (Wildman–Crippen LogP) is 5.30. The van der Waals surface area contributed by atoms with Crippen LogP contribution in [0.1, 0.15) is 68.1 Å². The van der Waals surface area contributed by atoms with E-state index >= 15 is 0 Å². The molecule has 2 aromatic carbocycles. The lowest BCUT2D eigenvalue weighted by Gasteiger charge is -2.33. The van der Waals surface area contributed by atoms with E-state index in [0.29, 0.717) is 12.5 Å². The number of ether oxygens (including phenoxy) is 2. The average molecular weight is 459 g/mol. The van der Waals surface area contributed by atoms with Gasteiger partial charge < -0.3 is 20.3 Å². The predicted molar refractivity (Wildman–Crippen MR) is 133 cm³/mol. The molecule has 5 rings (SSSR count). The molecule has 3 N–H and O–H groups in total. The molecule has 1 aromatic heterocycles. The maximum absolute atomic E-state index is 10.3. The number of hydrogen-bond acceptors (Lipinski definition) is 5. The van der Waals surface area contributed by atoms with Crippen LogP contribution in [0.2, 0.25) is 0 Å². The van der Waals surface area contributed by atoms with E-state index in [-0.39, 0.29) is 17.6 Å². The molecule has 0 bridgehead atoms. The van der Waals surface area contributed by atoms with Crippen LogP contribution in [0.15, 0.2) is 66.7 Å². The number of pyridine rings is 1. The minimum absolute atomic E-state index is 0.148. The Kier molecular flexibility index (Phi) is 6.32. The summed E-state index contributed by atoms with van der Waals surface area (Å²) in [6, 6.07) is 22.7. The molecule has 34 heavy (non-hydrogen) atoms. The molecule has 2 fully saturated rings. The first-order valence-corrected chi connectivity index (χ1v) is 12.3. The molecule has 2 aliphatic carbocycles. The second kappa shape index (κ2) is 9.40. The van der Waals surface area contributed by atoms with Gasteiger partial charge in [0.1, 0.15) is 24.2 Å². The third kappa shape index (κ3) is 5.11. The highest BCUT2D eigenvalue weighted by atomic mass is 16.5. The SMILES string of the molecule is CC(C)(c1ccc(OCc2cccc(C(O)C3CC3)n2)cc1)c1ccc(OC2CC(N)C2)cc1. The van der Waals surface area contributed by atoms with Gasteiger partial charge in [0.05, 0.1) is 17.5 Å². The summed E-state index contributed by atoms with van der Waals surface area (Å²) in [4.78, 5) is 4.59. The zero-order valence-corrected chi connectivity index (χ0v) is 20.0. The largest absolute Gasteiger partial charge is 0.490 e. The molecule has 1 heterocycles.